The van der Waals surface area contributed by atoms with Gasteiger partial charge in [0.2, 0.25) is 0 Å². The molecule has 0 radical (unpaired) electrons. The van der Waals surface area contributed by atoms with E-state index in [4.69, 9.17) is 4.74 Å². The third-order valence-electron chi connectivity index (χ3n) is 3.52. The minimum absolute atomic E-state index is 0.776. The van der Waals surface area contributed by atoms with Gasteiger partial charge in [0.15, 0.2) is 0 Å². The second-order valence-electron chi connectivity index (χ2n) is 4.78. The fraction of sp³-hybridized carbons (Fsp3) is 0.375. The molecule has 0 aromatic heterocycles. The Hall–Kier alpha value is -1.19. The van der Waals surface area contributed by atoms with E-state index in [-0.39, 0.29) is 0 Å². The van der Waals surface area contributed by atoms with Crippen LogP contribution in [0.5, 0.6) is 5.75 Å². The van der Waals surface area contributed by atoms with Crippen LogP contribution in [0.2, 0.25) is 0 Å². The average Bonchev–Trinajstić information content (AvgIpc) is 2.49. The molecule has 2 nitrogen and oxygen atoms in total. The standard InChI is InChI=1S/C16H19NOS/c1-2-6-15-14(4-1)5-3-7-16(15)18-11-8-17-9-12-19-13-10-17/h1-7H,8-13H2. The smallest absolute Gasteiger partial charge is 0.127 e. The van der Waals surface area contributed by atoms with Crippen LogP contribution in [0.3, 0.4) is 0 Å². The van der Waals surface area contributed by atoms with E-state index in [1.807, 2.05) is 11.8 Å². The van der Waals surface area contributed by atoms with E-state index < -0.39 is 0 Å². The highest BCUT2D eigenvalue weighted by molar-refractivity contribution is 7.99. The third-order valence-corrected chi connectivity index (χ3v) is 4.46. The molecule has 19 heavy (non-hydrogen) atoms. The van der Waals surface area contributed by atoms with Crippen LogP contribution in [0, 0.1) is 0 Å². The molecule has 1 aliphatic heterocycles. The number of hydrogen-bond donors (Lipinski definition) is 0. The Morgan fingerprint density at radius 1 is 1.00 bits per heavy atom. The Labute approximate surface area is 118 Å². The quantitative estimate of drug-likeness (QED) is 0.848. The minimum Gasteiger partial charge on any atom is -0.492 e. The lowest BCUT2D eigenvalue weighted by atomic mass is 10.1. The van der Waals surface area contributed by atoms with Crippen LogP contribution in [-0.4, -0.2) is 42.6 Å². The molecule has 0 atom stereocenters. The first-order chi connectivity index (χ1) is 9.43. The summed E-state index contributed by atoms with van der Waals surface area (Å²) in [5.74, 6) is 3.52. The summed E-state index contributed by atoms with van der Waals surface area (Å²) in [6, 6.07) is 14.6. The van der Waals surface area contributed by atoms with E-state index in [2.05, 4.69) is 47.4 Å². The van der Waals surface area contributed by atoms with Crippen molar-refractivity contribution in [2.24, 2.45) is 0 Å². The maximum absolute atomic E-state index is 5.97. The zero-order valence-corrected chi connectivity index (χ0v) is 11.9. The van der Waals surface area contributed by atoms with E-state index >= 15 is 0 Å². The van der Waals surface area contributed by atoms with Crippen molar-refractivity contribution in [3.05, 3.63) is 42.5 Å². The first kappa shape index (κ1) is 12.8. The van der Waals surface area contributed by atoms with Crippen LogP contribution in [0.4, 0.5) is 0 Å². The fourth-order valence-electron chi connectivity index (χ4n) is 2.43. The number of ether oxygens (including phenoxy) is 1. The Morgan fingerprint density at radius 2 is 1.79 bits per heavy atom. The molecular weight excluding hydrogens is 254 g/mol. The van der Waals surface area contributed by atoms with Gasteiger partial charge in [-0.1, -0.05) is 36.4 Å². The summed E-state index contributed by atoms with van der Waals surface area (Å²) in [4.78, 5) is 2.49. The van der Waals surface area contributed by atoms with Gasteiger partial charge in [-0.2, -0.15) is 11.8 Å². The Bertz CT molecular complexity index is 532. The number of hydrogen-bond acceptors (Lipinski definition) is 3. The summed E-state index contributed by atoms with van der Waals surface area (Å²) in [5.41, 5.74) is 0. The van der Waals surface area contributed by atoms with Crippen LogP contribution in [0.1, 0.15) is 0 Å². The molecule has 3 heteroatoms. The molecule has 0 unspecified atom stereocenters. The molecule has 1 aliphatic rings. The summed E-state index contributed by atoms with van der Waals surface area (Å²) in [7, 11) is 0. The second-order valence-corrected chi connectivity index (χ2v) is 6.00. The molecule has 2 aromatic carbocycles. The second kappa shape index (κ2) is 6.31. The van der Waals surface area contributed by atoms with E-state index in [0.29, 0.717) is 0 Å². The van der Waals surface area contributed by atoms with Crippen molar-refractivity contribution in [2.45, 2.75) is 0 Å². The van der Waals surface area contributed by atoms with Crippen LogP contribution in [0.15, 0.2) is 42.5 Å². The summed E-state index contributed by atoms with van der Waals surface area (Å²) in [5, 5.41) is 2.45. The fourth-order valence-corrected chi connectivity index (χ4v) is 3.41. The first-order valence-electron chi connectivity index (χ1n) is 6.84. The van der Waals surface area contributed by atoms with Crippen molar-refractivity contribution >= 4 is 22.5 Å². The van der Waals surface area contributed by atoms with E-state index in [9.17, 15) is 0 Å². The monoisotopic (exact) mass is 273 g/mol. The van der Waals surface area contributed by atoms with Gasteiger partial charge in [-0.3, -0.25) is 4.90 Å². The Kier molecular flexibility index (Phi) is 4.26. The van der Waals surface area contributed by atoms with E-state index in [0.717, 1.165) is 18.9 Å². The summed E-state index contributed by atoms with van der Waals surface area (Å²) >= 11 is 2.05. The van der Waals surface area contributed by atoms with Gasteiger partial charge >= 0.3 is 0 Å². The summed E-state index contributed by atoms with van der Waals surface area (Å²) in [6.07, 6.45) is 0. The lowest BCUT2D eigenvalue weighted by Crippen LogP contribution is -2.35. The first-order valence-corrected chi connectivity index (χ1v) is 7.99. The number of benzene rings is 2. The van der Waals surface area contributed by atoms with Gasteiger partial charge in [-0.25, -0.2) is 0 Å². The van der Waals surface area contributed by atoms with Crippen LogP contribution in [-0.2, 0) is 0 Å². The van der Waals surface area contributed by atoms with Gasteiger partial charge in [0.1, 0.15) is 12.4 Å². The molecule has 1 heterocycles. The molecule has 0 aliphatic carbocycles. The van der Waals surface area contributed by atoms with E-state index in [1.54, 1.807) is 0 Å². The molecule has 0 bridgehead atoms. The number of nitrogens with zero attached hydrogens (tertiary/aromatic N) is 1. The van der Waals surface area contributed by atoms with Crippen LogP contribution in [0.25, 0.3) is 10.8 Å². The Morgan fingerprint density at radius 3 is 2.68 bits per heavy atom. The van der Waals surface area contributed by atoms with Gasteiger partial charge in [-0.15, -0.1) is 0 Å². The van der Waals surface area contributed by atoms with Gasteiger partial charge in [0.05, 0.1) is 0 Å². The van der Waals surface area contributed by atoms with Gasteiger partial charge < -0.3 is 4.74 Å². The molecule has 100 valence electrons. The van der Waals surface area contributed by atoms with Gasteiger partial charge in [0.25, 0.3) is 0 Å². The summed E-state index contributed by atoms with van der Waals surface area (Å²) < 4.78 is 5.97. The van der Waals surface area contributed by atoms with Crippen LogP contribution < -0.4 is 4.74 Å². The van der Waals surface area contributed by atoms with Crippen molar-refractivity contribution in [3.63, 3.8) is 0 Å². The topological polar surface area (TPSA) is 12.5 Å². The zero-order chi connectivity index (χ0) is 12.9. The lowest BCUT2D eigenvalue weighted by Gasteiger charge is -2.25. The number of thioether (sulfide) groups is 1. The van der Waals surface area contributed by atoms with E-state index in [1.165, 1.54) is 35.4 Å². The predicted octanol–water partition coefficient (Wildman–Crippen LogP) is 3.27. The number of rotatable bonds is 4. The third kappa shape index (κ3) is 3.23. The molecule has 0 saturated carbocycles. The SMILES string of the molecule is c1ccc2c(OCCN3CCSCC3)cccc2c1. The average molecular weight is 273 g/mol. The van der Waals surface area contributed by atoms with Crippen molar-refractivity contribution in [3.8, 4) is 5.75 Å². The molecule has 0 spiro atoms. The van der Waals surface area contributed by atoms with Crippen molar-refractivity contribution in [1.82, 2.24) is 4.90 Å². The maximum atomic E-state index is 5.97. The van der Waals surface area contributed by atoms with Crippen molar-refractivity contribution in [2.75, 3.05) is 37.7 Å². The molecule has 0 amide bonds. The Balaban J connectivity index is 1.62. The predicted molar refractivity (Wildman–Crippen MR) is 83.2 cm³/mol. The normalized spacial score (nSPS) is 16.6. The molecule has 3 rings (SSSR count). The van der Waals surface area contributed by atoms with Crippen molar-refractivity contribution < 1.29 is 4.74 Å². The highest BCUT2D eigenvalue weighted by Gasteiger charge is 2.10. The maximum Gasteiger partial charge on any atom is 0.127 e. The molecule has 0 N–H and O–H groups in total. The lowest BCUT2D eigenvalue weighted by molar-refractivity contribution is 0.224. The molecule has 1 saturated heterocycles. The molecular formula is C16H19NOS. The largest absolute Gasteiger partial charge is 0.492 e. The van der Waals surface area contributed by atoms with Gasteiger partial charge in [-0.05, 0) is 11.5 Å². The molecule has 2 aromatic rings. The van der Waals surface area contributed by atoms with Gasteiger partial charge in [0, 0.05) is 36.5 Å². The highest BCUT2D eigenvalue weighted by Crippen LogP contribution is 2.25. The minimum atomic E-state index is 0.776. The molecule has 1 fully saturated rings. The zero-order valence-electron chi connectivity index (χ0n) is 11.0. The van der Waals surface area contributed by atoms with Crippen molar-refractivity contribution in [1.29, 1.82) is 0 Å². The number of fused-ring (bicyclic) bond motifs is 1. The summed E-state index contributed by atoms with van der Waals surface area (Å²) in [6.45, 7) is 4.20. The highest BCUT2D eigenvalue weighted by atomic mass is 32.2. The van der Waals surface area contributed by atoms with Crippen LogP contribution >= 0.6 is 11.8 Å².